The molecule has 0 saturated heterocycles. The Kier molecular flexibility index (Phi) is 15.8. The molecular formula is C22H42N4O6S3. The molecule has 0 rings (SSSR count). The Bertz CT molecular complexity index is 698. The minimum absolute atomic E-state index is 0.0501. The molecule has 0 aromatic heterocycles. The van der Waals surface area contributed by atoms with Crippen molar-refractivity contribution in [1.82, 2.24) is 16.0 Å². The van der Waals surface area contributed by atoms with Gasteiger partial charge in [0, 0.05) is 10.5 Å². The van der Waals surface area contributed by atoms with E-state index in [-0.39, 0.29) is 4.75 Å². The van der Waals surface area contributed by atoms with E-state index in [0.29, 0.717) is 31.6 Å². The molecule has 3 atom stereocenters. The summed E-state index contributed by atoms with van der Waals surface area (Å²) in [5.41, 5.74) is 4.81. The second-order valence-electron chi connectivity index (χ2n) is 9.85. The Balaban J connectivity index is 5.05. The first-order valence-corrected chi connectivity index (χ1v) is 15.1. The summed E-state index contributed by atoms with van der Waals surface area (Å²) in [6.07, 6.45) is 0.896. The highest BCUT2D eigenvalue weighted by atomic mass is 33.5. The Hall–Kier alpha value is -1.31. The van der Waals surface area contributed by atoms with Crippen molar-refractivity contribution >= 4 is 55.3 Å². The van der Waals surface area contributed by atoms with E-state index < -0.39 is 47.6 Å². The summed E-state index contributed by atoms with van der Waals surface area (Å²) in [7, 11) is 5.87. The molecule has 0 bridgehead atoms. The van der Waals surface area contributed by atoms with E-state index in [9.17, 15) is 19.2 Å². The van der Waals surface area contributed by atoms with Crippen LogP contribution in [0.2, 0.25) is 0 Å². The molecule has 0 aliphatic rings. The van der Waals surface area contributed by atoms with Crippen LogP contribution in [0.5, 0.6) is 0 Å². The van der Waals surface area contributed by atoms with Gasteiger partial charge in [-0.25, -0.2) is 9.59 Å². The molecule has 13 heteroatoms. The molecular weight excluding hydrogens is 512 g/mol. The lowest BCUT2D eigenvalue weighted by atomic mass is 10.1. The molecule has 0 aliphatic heterocycles. The zero-order chi connectivity index (χ0) is 27.2. The number of carbonyl (C=O) groups excluding carboxylic acids is 4. The molecule has 0 unspecified atom stereocenters. The van der Waals surface area contributed by atoms with Gasteiger partial charge in [0.15, 0.2) is 0 Å². The zero-order valence-corrected chi connectivity index (χ0v) is 24.5. The Morgan fingerprint density at radius 3 is 2.06 bits per heavy atom. The van der Waals surface area contributed by atoms with Crippen molar-refractivity contribution in [2.75, 3.05) is 19.4 Å². The van der Waals surface area contributed by atoms with E-state index in [0.717, 1.165) is 0 Å². The average molecular weight is 555 g/mol. The second kappa shape index (κ2) is 16.4. The van der Waals surface area contributed by atoms with Gasteiger partial charge in [-0.3, -0.25) is 9.59 Å². The predicted octanol–water partition coefficient (Wildman–Crippen LogP) is 3.00. The minimum atomic E-state index is -0.950. The lowest BCUT2D eigenvalue weighted by molar-refractivity contribution is -0.144. The first-order valence-electron chi connectivity index (χ1n) is 11.4. The highest BCUT2D eigenvalue weighted by Gasteiger charge is 2.29. The highest BCUT2D eigenvalue weighted by molar-refractivity contribution is 9.09. The fourth-order valence-corrected chi connectivity index (χ4v) is 7.19. The predicted molar refractivity (Wildman–Crippen MR) is 145 cm³/mol. The van der Waals surface area contributed by atoms with Gasteiger partial charge in [-0.1, -0.05) is 42.4 Å². The summed E-state index contributed by atoms with van der Waals surface area (Å²) in [6, 6.07) is -2.72. The largest absolute Gasteiger partial charge is 0.467 e. The molecule has 0 aromatic rings. The SMILES string of the molecule is COC(=O)[C@H](CSSSC(C)(C)C)NC(=O)[C@H](C)NC(=O)[C@H](CCCCN)NC(=O)OC(C)(C)C. The van der Waals surface area contributed by atoms with Crippen molar-refractivity contribution in [3.63, 3.8) is 0 Å². The molecule has 0 radical (unpaired) electrons. The number of nitrogens with two attached hydrogens (primary N) is 1. The first kappa shape index (κ1) is 33.7. The first-order chi connectivity index (χ1) is 16.1. The Morgan fingerprint density at radius 1 is 0.914 bits per heavy atom. The standard InChI is InChI=1S/C22H42N4O6S3/c1-14(17(27)25-16(19(29)31-8)13-33-35-34-22(5,6)7)24-18(28)15(11-9-10-12-23)26-20(30)32-21(2,3)4/h14-16H,9-13,23H2,1-8H3,(H,24,28)(H,25,27)(H,26,30)/t14-,15-,16-/m0/s1. The van der Waals surface area contributed by atoms with E-state index in [1.807, 2.05) is 0 Å². The fourth-order valence-electron chi connectivity index (χ4n) is 2.42. The van der Waals surface area contributed by atoms with Crippen LogP contribution in [0.1, 0.15) is 67.7 Å². The maximum absolute atomic E-state index is 12.8. The van der Waals surface area contributed by atoms with Crippen LogP contribution in [-0.2, 0) is 23.9 Å². The monoisotopic (exact) mass is 554 g/mol. The molecule has 0 saturated carbocycles. The normalized spacial score (nSPS) is 14.3. The van der Waals surface area contributed by atoms with Crippen LogP contribution in [0.25, 0.3) is 0 Å². The van der Waals surface area contributed by atoms with Crippen LogP contribution in [0.4, 0.5) is 4.79 Å². The molecule has 0 spiro atoms. The van der Waals surface area contributed by atoms with Gasteiger partial charge < -0.3 is 31.2 Å². The molecule has 0 fully saturated rings. The smallest absolute Gasteiger partial charge is 0.408 e. The lowest BCUT2D eigenvalue weighted by Crippen LogP contribution is -2.55. The molecule has 0 heterocycles. The van der Waals surface area contributed by atoms with Crippen LogP contribution in [0.3, 0.4) is 0 Å². The molecule has 35 heavy (non-hydrogen) atoms. The molecule has 10 nitrogen and oxygen atoms in total. The van der Waals surface area contributed by atoms with Crippen molar-refractivity contribution < 1.29 is 28.7 Å². The van der Waals surface area contributed by atoms with Gasteiger partial charge >= 0.3 is 12.1 Å². The Labute approximate surface area is 220 Å². The Morgan fingerprint density at radius 2 is 1.54 bits per heavy atom. The second-order valence-corrected chi connectivity index (χ2v) is 14.8. The topological polar surface area (TPSA) is 149 Å². The number of methoxy groups -OCH3 is 1. The van der Waals surface area contributed by atoms with Crippen molar-refractivity contribution in [3.05, 3.63) is 0 Å². The van der Waals surface area contributed by atoms with Crippen LogP contribution >= 0.6 is 31.4 Å². The lowest BCUT2D eigenvalue weighted by Gasteiger charge is -2.25. The summed E-state index contributed by atoms with van der Waals surface area (Å²) in [5, 5.41) is 7.80. The van der Waals surface area contributed by atoms with Gasteiger partial charge in [0.1, 0.15) is 23.7 Å². The number of unbranched alkanes of at least 4 members (excludes halogenated alkanes) is 1. The van der Waals surface area contributed by atoms with Crippen LogP contribution in [0.15, 0.2) is 0 Å². The van der Waals surface area contributed by atoms with Crippen molar-refractivity contribution in [1.29, 1.82) is 0 Å². The van der Waals surface area contributed by atoms with Crippen molar-refractivity contribution in [2.45, 2.75) is 96.2 Å². The number of nitrogens with one attached hydrogen (secondary N) is 3. The summed E-state index contributed by atoms with van der Waals surface area (Å²) in [4.78, 5) is 49.9. The van der Waals surface area contributed by atoms with E-state index in [1.54, 1.807) is 31.6 Å². The van der Waals surface area contributed by atoms with Gasteiger partial charge in [0.25, 0.3) is 0 Å². The number of ether oxygens (including phenoxy) is 2. The number of amides is 3. The van der Waals surface area contributed by atoms with Crippen molar-refractivity contribution in [2.24, 2.45) is 5.73 Å². The van der Waals surface area contributed by atoms with E-state index in [2.05, 4.69) is 36.7 Å². The number of hydrogen-bond donors (Lipinski definition) is 4. The van der Waals surface area contributed by atoms with Crippen LogP contribution in [0, 0.1) is 0 Å². The number of esters is 1. The number of alkyl carbamates (subject to hydrolysis) is 1. The van der Waals surface area contributed by atoms with Gasteiger partial charge in [-0.2, -0.15) is 0 Å². The fraction of sp³-hybridized carbons (Fsp3) is 0.818. The van der Waals surface area contributed by atoms with E-state index in [1.165, 1.54) is 34.7 Å². The van der Waals surface area contributed by atoms with E-state index >= 15 is 0 Å². The highest BCUT2D eigenvalue weighted by Crippen LogP contribution is 2.43. The van der Waals surface area contributed by atoms with Gasteiger partial charge in [0.05, 0.1) is 7.11 Å². The number of hydrogen-bond acceptors (Lipinski definition) is 10. The molecule has 3 amide bonds. The molecule has 5 N–H and O–H groups in total. The van der Waals surface area contributed by atoms with Crippen LogP contribution < -0.4 is 21.7 Å². The van der Waals surface area contributed by atoms with Gasteiger partial charge in [-0.05, 0) is 63.3 Å². The third kappa shape index (κ3) is 16.9. The van der Waals surface area contributed by atoms with Crippen molar-refractivity contribution in [3.8, 4) is 0 Å². The van der Waals surface area contributed by atoms with Gasteiger partial charge in [0.2, 0.25) is 11.8 Å². The minimum Gasteiger partial charge on any atom is -0.467 e. The molecule has 0 aliphatic carbocycles. The average Bonchev–Trinajstić information content (AvgIpc) is 2.72. The summed E-state index contributed by atoms with van der Waals surface area (Å²) in [6.45, 7) is 13.4. The maximum Gasteiger partial charge on any atom is 0.408 e. The number of rotatable bonds is 14. The third-order valence-electron chi connectivity index (χ3n) is 4.08. The molecule has 204 valence electrons. The zero-order valence-electron chi connectivity index (χ0n) is 22.0. The quantitative estimate of drug-likeness (QED) is 0.143. The van der Waals surface area contributed by atoms with Crippen LogP contribution in [-0.4, -0.2) is 71.8 Å². The third-order valence-corrected chi connectivity index (χ3v) is 9.09. The maximum atomic E-state index is 12.8. The summed E-state index contributed by atoms with van der Waals surface area (Å²) in [5.74, 6) is -1.34. The summed E-state index contributed by atoms with van der Waals surface area (Å²) >= 11 is 0. The van der Waals surface area contributed by atoms with E-state index in [4.69, 9.17) is 15.2 Å². The number of carbonyl (C=O) groups is 4. The summed E-state index contributed by atoms with van der Waals surface area (Å²) < 4.78 is 10.1. The van der Waals surface area contributed by atoms with Gasteiger partial charge in [-0.15, -0.1) is 0 Å². The molecule has 0 aromatic carbocycles.